The molecule has 0 fully saturated rings. The molecule has 57 heavy (non-hydrogen) atoms. The Morgan fingerprint density at radius 2 is 0.421 bits per heavy atom. The van der Waals surface area contributed by atoms with Crippen molar-refractivity contribution in [3.63, 3.8) is 0 Å². The monoisotopic (exact) mass is 730 g/mol. The number of hydrogen-bond acceptors (Lipinski definition) is 2. The SMILES string of the molecule is c1ccc(Cc2ccc(-c3ccc(N(c4ccccc4)c4ccc(-c5ccc(N(c6ccccc6)c6ccc(-c7ccccc7)cc6)cc5)cc4)cc3)cc2)cc1. The summed E-state index contributed by atoms with van der Waals surface area (Å²) in [5, 5.41) is 0. The van der Waals surface area contributed by atoms with Crippen LogP contribution in [0.5, 0.6) is 0 Å². The van der Waals surface area contributed by atoms with Gasteiger partial charge in [0.15, 0.2) is 0 Å². The highest BCUT2D eigenvalue weighted by molar-refractivity contribution is 5.82. The summed E-state index contributed by atoms with van der Waals surface area (Å²) in [5.74, 6) is 0. The highest BCUT2D eigenvalue weighted by Crippen LogP contribution is 2.39. The van der Waals surface area contributed by atoms with Gasteiger partial charge in [-0.25, -0.2) is 0 Å². The molecule has 0 radical (unpaired) electrons. The molecule has 0 bridgehead atoms. The molecule has 0 aliphatic rings. The third-order valence-corrected chi connectivity index (χ3v) is 10.5. The number of hydrogen-bond donors (Lipinski definition) is 0. The molecule has 0 aliphatic carbocycles. The molecular weight excluding hydrogens is 689 g/mol. The van der Waals surface area contributed by atoms with Crippen molar-refractivity contribution in [2.45, 2.75) is 6.42 Å². The second-order valence-electron chi connectivity index (χ2n) is 14.3. The van der Waals surface area contributed by atoms with E-state index in [2.05, 4.69) is 252 Å². The van der Waals surface area contributed by atoms with Crippen LogP contribution in [-0.2, 0) is 6.42 Å². The highest BCUT2D eigenvalue weighted by atomic mass is 15.1. The minimum Gasteiger partial charge on any atom is -0.311 e. The molecule has 272 valence electrons. The van der Waals surface area contributed by atoms with Gasteiger partial charge in [-0.05, 0) is 124 Å². The van der Waals surface area contributed by atoms with Gasteiger partial charge in [0.05, 0.1) is 0 Å². The highest BCUT2D eigenvalue weighted by Gasteiger charge is 2.15. The topological polar surface area (TPSA) is 6.48 Å². The van der Waals surface area contributed by atoms with Crippen LogP contribution in [0.2, 0.25) is 0 Å². The van der Waals surface area contributed by atoms with Crippen molar-refractivity contribution in [1.29, 1.82) is 0 Å². The summed E-state index contributed by atoms with van der Waals surface area (Å²) in [5.41, 5.74) is 16.5. The molecule has 9 rings (SSSR count). The van der Waals surface area contributed by atoms with Gasteiger partial charge in [-0.2, -0.15) is 0 Å². The van der Waals surface area contributed by atoms with Gasteiger partial charge in [0.2, 0.25) is 0 Å². The molecule has 9 aromatic rings. The van der Waals surface area contributed by atoms with E-state index < -0.39 is 0 Å². The molecule has 0 spiro atoms. The van der Waals surface area contributed by atoms with Crippen molar-refractivity contribution in [1.82, 2.24) is 0 Å². The molecule has 2 heteroatoms. The number of nitrogens with zero attached hydrogens (tertiary/aromatic N) is 2. The number of para-hydroxylation sites is 2. The van der Waals surface area contributed by atoms with E-state index in [1.165, 1.54) is 44.5 Å². The van der Waals surface area contributed by atoms with E-state index >= 15 is 0 Å². The van der Waals surface area contributed by atoms with E-state index in [1.807, 2.05) is 0 Å². The summed E-state index contributed by atoms with van der Waals surface area (Å²) in [6.07, 6.45) is 0.938. The number of benzene rings is 9. The lowest BCUT2D eigenvalue weighted by atomic mass is 10.00. The van der Waals surface area contributed by atoms with E-state index in [-0.39, 0.29) is 0 Å². The van der Waals surface area contributed by atoms with Crippen LogP contribution < -0.4 is 9.80 Å². The molecular formula is C55H42N2. The van der Waals surface area contributed by atoms with Gasteiger partial charge in [0, 0.05) is 34.1 Å². The van der Waals surface area contributed by atoms with Crippen molar-refractivity contribution in [3.8, 4) is 33.4 Å². The van der Waals surface area contributed by atoms with Crippen LogP contribution in [0.4, 0.5) is 34.1 Å². The average Bonchev–Trinajstić information content (AvgIpc) is 3.29. The zero-order valence-corrected chi connectivity index (χ0v) is 31.7. The Morgan fingerprint density at radius 3 is 0.754 bits per heavy atom. The van der Waals surface area contributed by atoms with Crippen molar-refractivity contribution in [2.75, 3.05) is 9.80 Å². The normalized spacial score (nSPS) is 10.9. The summed E-state index contributed by atoms with van der Waals surface area (Å²) in [6, 6.07) is 86.8. The molecule has 0 amide bonds. The van der Waals surface area contributed by atoms with Gasteiger partial charge in [-0.1, -0.05) is 170 Å². The molecule has 0 N–H and O–H groups in total. The predicted octanol–water partition coefficient (Wildman–Crippen LogP) is 15.2. The van der Waals surface area contributed by atoms with Gasteiger partial charge in [0.25, 0.3) is 0 Å². The van der Waals surface area contributed by atoms with Crippen LogP contribution >= 0.6 is 0 Å². The summed E-state index contributed by atoms with van der Waals surface area (Å²) in [7, 11) is 0. The Balaban J connectivity index is 0.956. The van der Waals surface area contributed by atoms with Crippen LogP contribution in [0, 0.1) is 0 Å². The van der Waals surface area contributed by atoms with E-state index in [4.69, 9.17) is 0 Å². The largest absolute Gasteiger partial charge is 0.311 e. The molecule has 9 aromatic carbocycles. The minimum atomic E-state index is 0.938. The summed E-state index contributed by atoms with van der Waals surface area (Å²) >= 11 is 0. The Morgan fingerprint density at radius 1 is 0.193 bits per heavy atom. The molecule has 0 saturated carbocycles. The smallest absolute Gasteiger partial charge is 0.0462 e. The Labute approximate surface area is 336 Å². The van der Waals surface area contributed by atoms with Crippen molar-refractivity contribution in [2.24, 2.45) is 0 Å². The third kappa shape index (κ3) is 8.03. The predicted molar refractivity (Wildman–Crippen MR) is 241 cm³/mol. The quantitative estimate of drug-likeness (QED) is 0.131. The maximum absolute atomic E-state index is 2.32. The van der Waals surface area contributed by atoms with Crippen LogP contribution in [0.25, 0.3) is 33.4 Å². The van der Waals surface area contributed by atoms with Crippen LogP contribution in [0.15, 0.2) is 243 Å². The maximum Gasteiger partial charge on any atom is 0.0462 e. The Hall–Kier alpha value is -7.42. The van der Waals surface area contributed by atoms with Gasteiger partial charge in [0.1, 0.15) is 0 Å². The Kier molecular flexibility index (Phi) is 10.2. The lowest BCUT2D eigenvalue weighted by Crippen LogP contribution is -2.10. The lowest BCUT2D eigenvalue weighted by Gasteiger charge is -2.26. The molecule has 0 aliphatic heterocycles. The molecule has 0 heterocycles. The van der Waals surface area contributed by atoms with E-state index in [0.717, 1.165) is 40.5 Å². The van der Waals surface area contributed by atoms with Crippen LogP contribution in [0.3, 0.4) is 0 Å². The molecule has 0 unspecified atom stereocenters. The third-order valence-electron chi connectivity index (χ3n) is 10.5. The second-order valence-corrected chi connectivity index (χ2v) is 14.3. The van der Waals surface area contributed by atoms with Gasteiger partial charge in [-0.3, -0.25) is 0 Å². The molecule has 0 atom stereocenters. The van der Waals surface area contributed by atoms with E-state index in [1.54, 1.807) is 0 Å². The van der Waals surface area contributed by atoms with Gasteiger partial charge < -0.3 is 9.80 Å². The molecule has 0 saturated heterocycles. The average molecular weight is 731 g/mol. The number of rotatable bonds is 11. The molecule has 2 nitrogen and oxygen atoms in total. The fraction of sp³-hybridized carbons (Fsp3) is 0.0182. The van der Waals surface area contributed by atoms with E-state index in [0.29, 0.717) is 0 Å². The first kappa shape index (κ1) is 35.3. The first-order valence-electron chi connectivity index (χ1n) is 19.5. The maximum atomic E-state index is 2.32. The summed E-state index contributed by atoms with van der Waals surface area (Å²) < 4.78 is 0. The lowest BCUT2D eigenvalue weighted by molar-refractivity contribution is 1.19. The van der Waals surface area contributed by atoms with Gasteiger partial charge >= 0.3 is 0 Å². The summed E-state index contributed by atoms with van der Waals surface area (Å²) in [6.45, 7) is 0. The Bertz CT molecular complexity index is 2620. The number of anilines is 6. The van der Waals surface area contributed by atoms with Crippen LogP contribution in [-0.4, -0.2) is 0 Å². The van der Waals surface area contributed by atoms with Crippen molar-refractivity contribution in [3.05, 3.63) is 254 Å². The minimum absolute atomic E-state index is 0.938. The van der Waals surface area contributed by atoms with E-state index in [9.17, 15) is 0 Å². The summed E-state index contributed by atoms with van der Waals surface area (Å²) in [4.78, 5) is 4.63. The second kappa shape index (κ2) is 16.5. The standard InChI is InChI=1S/C55H42N2/c1-5-13-42(14-6-1)41-43-21-23-45(24-22-43)47-27-35-53(36-28-47)57(51-19-11-4-12-20-51)55-39-31-49(32-40-55)48-29-37-54(38-30-48)56(50-17-9-3-10-18-50)52-33-25-46(26-34-52)44-15-7-2-8-16-44/h1-40H,41H2. The van der Waals surface area contributed by atoms with Crippen molar-refractivity contribution >= 4 is 34.1 Å². The zero-order chi connectivity index (χ0) is 38.2. The van der Waals surface area contributed by atoms with Gasteiger partial charge in [-0.15, -0.1) is 0 Å². The fourth-order valence-corrected chi connectivity index (χ4v) is 7.54. The first-order valence-corrected chi connectivity index (χ1v) is 19.5. The zero-order valence-electron chi connectivity index (χ0n) is 31.7. The van der Waals surface area contributed by atoms with Crippen LogP contribution in [0.1, 0.15) is 11.1 Å². The van der Waals surface area contributed by atoms with Crippen molar-refractivity contribution < 1.29 is 0 Å². The first-order chi connectivity index (χ1) is 28.2. The molecule has 0 aromatic heterocycles. The fourth-order valence-electron chi connectivity index (χ4n) is 7.54.